The van der Waals surface area contributed by atoms with E-state index in [-0.39, 0.29) is 12.0 Å². The molecular weight excluding hydrogens is 256 g/mol. The van der Waals surface area contributed by atoms with Gasteiger partial charge in [-0.15, -0.1) is 0 Å². The second-order valence-electron chi connectivity index (χ2n) is 5.27. The van der Waals surface area contributed by atoms with Crippen molar-refractivity contribution < 1.29 is 9.90 Å². The monoisotopic (exact) mass is 280 g/mol. The standard InChI is InChI=1S/C14H24N4O2/c1-2-13-15-5-8-18(13)9-6-16-14(20)11-17-7-3-4-12(19)10-17/h5,8,12,19H,2-4,6-7,9-11H2,1H3,(H,16,20). The Bertz CT molecular complexity index is 433. The lowest BCUT2D eigenvalue weighted by atomic mass is 10.1. The maximum atomic E-state index is 11.8. The van der Waals surface area contributed by atoms with Crippen molar-refractivity contribution in [2.45, 2.75) is 38.8 Å². The first-order valence-electron chi connectivity index (χ1n) is 7.36. The number of nitrogens with one attached hydrogen (secondary N) is 1. The molecule has 0 radical (unpaired) electrons. The van der Waals surface area contributed by atoms with Crippen LogP contribution in [-0.2, 0) is 17.8 Å². The number of likely N-dealkylation sites (tertiary alicyclic amines) is 1. The molecule has 6 heteroatoms. The SMILES string of the molecule is CCc1nccn1CCNC(=O)CN1CCCC(O)C1. The van der Waals surface area contributed by atoms with Gasteiger partial charge in [-0.2, -0.15) is 0 Å². The Labute approximate surface area is 119 Å². The molecule has 1 saturated heterocycles. The molecule has 0 bridgehead atoms. The summed E-state index contributed by atoms with van der Waals surface area (Å²) in [7, 11) is 0. The zero-order valence-electron chi connectivity index (χ0n) is 12.1. The second-order valence-corrected chi connectivity index (χ2v) is 5.27. The third-order valence-corrected chi connectivity index (χ3v) is 3.64. The summed E-state index contributed by atoms with van der Waals surface area (Å²) in [6, 6.07) is 0. The van der Waals surface area contributed by atoms with Gasteiger partial charge in [-0.3, -0.25) is 9.69 Å². The molecule has 20 heavy (non-hydrogen) atoms. The van der Waals surface area contributed by atoms with Gasteiger partial charge in [-0.1, -0.05) is 6.92 Å². The third-order valence-electron chi connectivity index (χ3n) is 3.64. The molecule has 2 rings (SSSR count). The summed E-state index contributed by atoms with van der Waals surface area (Å²) in [6.07, 6.45) is 6.14. The van der Waals surface area contributed by atoms with Gasteiger partial charge < -0.3 is 15.0 Å². The van der Waals surface area contributed by atoms with Gasteiger partial charge in [-0.05, 0) is 19.4 Å². The minimum atomic E-state index is -0.283. The molecule has 0 aromatic carbocycles. The summed E-state index contributed by atoms with van der Waals surface area (Å²) in [6.45, 7) is 5.30. The number of aliphatic hydroxyl groups excluding tert-OH is 1. The summed E-state index contributed by atoms with van der Waals surface area (Å²) >= 11 is 0. The van der Waals surface area contributed by atoms with Crippen LogP contribution in [0.25, 0.3) is 0 Å². The van der Waals surface area contributed by atoms with Crippen molar-refractivity contribution in [2.75, 3.05) is 26.2 Å². The molecule has 0 spiro atoms. The fourth-order valence-corrected chi connectivity index (χ4v) is 2.61. The number of nitrogens with zero attached hydrogens (tertiary/aromatic N) is 3. The van der Waals surface area contributed by atoms with E-state index in [1.165, 1.54) is 0 Å². The van der Waals surface area contributed by atoms with Crippen molar-refractivity contribution in [3.63, 3.8) is 0 Å². The van der Waals surface area contributed by atoms with Crippen LogP contribution in [0.1, 0.15) is 25.6 Å². The molecule has 112 valence electrons. The Hall–Kier alpha value is -1.40. The van der Waals surface area contributed by atoms with Gasteiger partial charge in [0.05, 0.1) is 12.6 Å². The molecule has 1 amide bonds. The first-order chi connectivity index (χ1) is 9.69. The molecule has 2 N–H and O–H groups in total. The molecule has 0 aliphatic carbocycles. The smallest absolute Gasteiger partial charge is 0.234 e. The Kier molecular flexibility index (Phi) is 5.55. The lowest BCUT2D eigenvalue weighted by molar-refractivity contribution is -0.122. The van der Waals surface area contributed by atoms with Crippen molar-refractivity contribution in [1.29, 1.82) is 0 Å². The molecule has 6 nitrogen and oxygen atoms in total. The Balaban J connectivity index is 1.67. The largest absolute Gasteiger partial charge is 0.392 e. The summed E-state index contributed by atoms with van der Waals surface area (Å²) in [4.78, 5) is 18.1. The molecule has 1 aromatic heterocycles. The molecule has 0 saturated carbocycles. The minimum absolute atomic E-state index is 0.0252. The summed E-state index contributed by atoms with van der Waals surface area (Å²) in [5.41, 5.74) is 0. The van der Waals surface area contributed by atoms with Crippen molar-refractivity contribution in [3.05, 3.63) is 18.2 Å². The van der Waals surface area contributed by atoms with Crippen LogP contribution < -0.4 is 5.32 Å². The molecule has 1 aliphatic heterocycles. The van der Waals surface area contributed by atoms with Gasteiger partial charge in [0, 0.05) is 38.4 Å². The fourth-order valence-electron chi connectivity index (χ4n) is 2.61. The molecule has 1 atom stereocenters. The number of aromatic nitrogens is 2. The van der Waals surface area contributed by atoms with E-state index in [4.69, 9.17) is 0 Å². The lowest BCUT2D eigenvalue weighted by Crippen LogP contribution is -2.44. The van der Waals surface area contributed by atoms with Gasteiger partial charge >= 0.3 is 0 Å². The highest BCUT2D eigenvalue weighted by Crippen LogP contribution is 2.08. The molecule has 1 unspecified atom stereocenters. The highest BCUT2D eigenvalue weighted by Gasteiger charge is 2.19. The zero-order valence-corrected chi connectivity index (χ0v) is 12.1. The average Bonchev–Trinajstić information content (AvgIpc) is 2.86. The first-order valence-corrected chi connectivity index (χ1v) is 7.36. The maximum absolute atomic E-state index is 11.8. The van der Waals surface area contributed by atoms with Gasteiger partial charge in [0.1, 0.15) is 5.82 Å². The van der Waals surface area contributed by atoms with Crippen LogP contribution in [0.5, 0.6) is 0 Å². The highest BCUT2D eigenvalue weighted by molar-refractivity contribution is 5.77. The van der Waals surface area contributed by atoms with E-state index in [2.05, 4.69) is 21.8 Å². The maximum Gasteiger partial charge on any atom is 0.234 e. The van der Waals surface area contributed by atoms with E-state index in [0.29, 0.717) is 19.6 Å². The van der Waals surface area contributed by atoms with E-state index in [9.17, 15) is 9.90 Å². The van der Waals surface area contributed by atoms with Gasteiger partial charge in [0.2, 0.25) is 5.91 Å². The number of imidazole rings is 1. The predicted octanol–water partition coefficient (Wildman–Crippen LogP) is 0.0184. The third kappa shape index (κ3) is 4.31. The number of carbonyl (C=O) groups is 1. The van der Waals surface area contributed by atoms with Crippen LogP contribution in [0, 0.1) is 0 Å². The lowest BCUT2D eigenvalue weighted by Gasteiger charge is -2.29. The van der Waals surface area contributed by atoms with Gasteiger partial charge in [0.15, 0.2) is 0 Å². The van der Waals surface area contributed by atoms with Crippen LogP contribution in [0.3, 0.4) is 0 Å². The summed E-state index contributed by atoms with van der Waals surface area (Å²) < 4.78 is 2.06. The summed E-state index contributed by atoms with van der Waals surface area (Å²) in [5.74, 6) is 1.07. The van der Waals surface area contributed by atoms with Crippen molar-refractivity contribution >= 4 is 5.91 Å². The highest BCUT2D eigenvalue weighted by atomic mass is 16.3. The molecule has 1 fully saturated rings. The van der Waals surface area contributed by atoms with Crippen LogP contribution >= 0.6 is 0 Å². The van der Waals surface area contributed by atoms with Gasteiger partial charge in [-0.25, -0.2) is 4.98 Å². The number of hydrogen-bond acceptors (Lipinski definition) is 4. The summed E-state index contributed by atoms with van der Waals surface area (Å²) in [5, 5.41) is 12.5. The topological polar surface area (TPSA) is 70.4 Å². The zero-order chi connectivity index (χ0) is 14.4. The number of rotatable bonds is 6. The van der Waals surface area contributed by atoms with Crippen molar-refractivity contribution in [2.24, 2.45) is 0 Å². The number of hydrogen-bond donors (Lipinski definition) is 2. The fraction of sp³-hybridized carbons (Fsp3) is 0.714. The van der Waals surface area contributed by atoms with E-state index >= 15 is 0 Å². The number of piperidine rings is 1. The number of aryl methyl sites for hydroxylation is 1. The Morgan fingerprint density at radius 2 is 2.45 bits per heavy atom. The van der Waals surface area contributed by atoms with Crippen molar-refractivity contribution in [3.8, 4) is 0 Å². The Morgan fingerprint density at radius 1 is 1.60 bits per heavy atom. The van der Waals surface area contributed by atoms with Gasteiger partial charge in [0.25, 0.3) is 0 Å². The first kappa shape index (κ1) is 15.0. The van der Waals surface area contributed by atoms with E-state index in [1.54, 1.807) is 6.20 Å². The van der Waals surface area contributed by atoms with Crippen LogP contribution in [0.15, 0.2) is 12.4 Å². The minimum Gasteiger partial charge on any atom is -0.392 e. The number of aliphatic hydroxyl groups is 1. The van der Waals surface area contributed by atoms with Crippen molar-refractivity contribution in [1.82, 2.24) is 19.8 Å². The quantitative estimate of drug-likeness (QED) is 0.770. The van der Waals surface area contributed by atoms with E-state index in [0.717, 1.165) is 38.2 Å². The molecule has 1 aromatic rings. The van der Waals surface area contributed by atoms with Crippen LogP contribution in [-0.4, -0.2) is 57.7 Å². The predicted molar refractivity (Wildman–Crippen MR) is 76.3 cm³/mol. The number of β-amino-alcohol motifs (C(OH)–C–C–N with tert-alkyl or cyclic N) is 1. The van der Waals surface area contributed by atoms with Crippen LogP contribution in [0.4, 0.5) is 0 Å². The number of amides is 1. The second kappa shape index (κ2) is 7.40. The van der Waals surface area contributed by atoms with E-state index in [1.807, 2.05) is 11.1 Å². The Morgan fingerprint density at radius 3 is 3.20 bits per heavy atom. The van der Waals surface area contributed by atoms with Crippen LogP contribution in [0.2, 0.25) is 0 Å². The molecule has 1 aliphatic rings. The van der Waals surface area contributed by atoms with E-state index < -0.39 is 0 Å². The molecule has 2 heterocycles. The average molecular weight is 280 g/mol. The molecular formula is C14H24N4O2. The number of carbonyl (C=O) groups excluding carboxylic acids is 1. The normalized spacial score (nSPS) is 20.0.